The molecule has 86 valence electrons. The molecular weight excluding hydrogens is 190 g/mol. The Morgan fingerprint density at radius 3 is 3.07 bits per heavy atom. The molecule has 2 fully saturated rings. The fourth-order valence-corrected chi connectivity index (χ4v) is 2.56. The highest BCUT2D eigenvalue weighted by atomic mass is 16.2. The summed E-state index contributed by atoms with van der Waals surface area (Å²) in [6.07, 6.45) is 4.16. The molecular formula is C11H21N3O. The Labute approximate surface area is 91.6 Å². The van der Waals surface area contributed by atoms with Gasteiger partial charge in [0.25, 0.3) is 0 Å². The quantitative estimate of drug-likeness (QED) is 0.742. The van der Waals surface area contributed by atoms with Crippen LogP contribution in [0.2, 0.25) is 0 Å². The maximum Gasteiger partial charge on any atom is 0.238 e. The Morgan fingerprint density at radius 1 is 1.53 bits per heavy atom. The Morgan fingerprint density at radius 2 is 2.40 bits per heavy atom. The summed E-state index contributed by atoms with van der Waals surface area (Å²) in [6.45, 7) is 6.17. The minimum atomic E-state index is 0.317. The van der Waals surface area contributed by atoms with Crippen molar-refractivity contribution in [2.45, 2.75) is 38.6 Å². The van der Waals surface area contributed by atoms with Gasteiger partial charge in [0.1, 0.15) is 0 Å². The van der Waals surface area contributed by atoms with E-state index in [9.17, 15) is 4.79 Å². The standard InChI is InChI=1S/C11H21N3O/c1-2-7-13-8-5-11(15)14(13)10-4-3-6-12-9-10/h10,12H,2-9H2,1H3. The first-order chi connectivity index (χ1) is 7.33. The van der Waals surface area contributed by atoms with Crippen molar-refractivity contribution in [2.24, 2.45) is 0 Å². The van der Waals surface area contributed by atoms with Crippen molar-refractivity contribution in [2.75, 3.05) is 26.2 Å². The number of rotatable bonds is 3. The van der Waals surface area contributed by atoms with Crippen molar-refractivity contribution in [1.82, 2.24) is 15.3 Å². The molecule has 2 aliphatic rings. The maximum absolute atomic E-state index is 11.8. The summed E-state index contributed by atoms with van der Waals surface area (Å²) in [5.41, 5.74) is 0. The zero-order valence-corrected chi connectivity index (χ0v) is 9.54. The third-order valence-electron chi connectivity index (χ3n) is 3.24. The number of piperidine rings is 1. The molecule has 0 spiro atoms. The van der Waals surface area contributed by atoms with Crippen molar-refractivity contribution >= 4 is 5.91 Å². The van der Waals surface area contributed by atoms with Crippen molar-refractivity contribution in [1.29, 1.82) is 0 Å². The molecule has 1 atom stereocenters. The molecule has 4 nitrogen and oxygen atoms in total. The monoisotopic (exact) mass is 211 g/mol. The number of carbonyl (C=O) groups excluding carboxylic acids is 1. The molecule has 15 heavy (non-hydrogen) atoms. The fourth-order valence-electron chi connectivity index (χ4n) is 2.56. The van der Waals surface area contributed by atoms with E-state index in [0.717, 1.165) is 39.0 Å². The third kappa shape index (κ3) is 2.32. The molecule has 0 saturated carbocycles. The number of nitrogens with one attached hydrogen (secondary N) is 1. The maximum atomic E-state index is 11.8. The van der Waals surface area contributed by atoms with Gasteiger partial charge in [-0.1, -0.05) is 6.92 Å². The average molecular weight is 211 g/mol. The number of nitrogens with zero attached hydrogens (tertiary/aromatic N) is 2. The van der Waals surface area contributed by atoms with Gasteiger partial charge in [-0.2, -0.15) is 0 Å². The number of amides is 1. The van der Waals surface area contributed by atoms with E-state index in [1.807, 2.05) is 5.01 Å². The summed E-state index contributed by atoms with van der Waals surface area (Å²) in [6, 6.07) is 0.403. The van der Waals surface area contributed by atoms with E-state index in [0.29, 0.717) is 18.4 Å². The zero-order valence-electron chi connectivity index (χ0n) is 9.54. The van der Waals surface area contributed by atoms with E-state index in [4.69, 9.17) is 0 Å². The summed E-state index contributed by atoms with van der Waals surface area (Å²) in [5, 5.41) is 7.63. The highest BCUT2D eigenvalue weighted by Crippen LogP contribution is 2.20. The molecule has 2 rings (SSSR count). The largest absolute Gasteiger partial charge is 0.315 e. The molecule has 4 heteroatoms. The molecule has 0 aromatic heterocycles. The summed E-state index contributed by atoms with van der Waals surface area (Å²) in [4.78, 5) is 11.8. The van der Waals surface area contributed by atoms with Crippen LogP contribution in [0.3, 0.4) is 0 Å². The van der Waals surface area contributed by atoms with Crippen LogP contribution in [0.4, 0.5) is 0 Å². The van der Waals surface area contributed by atoms with E-state index < -0.39 is 0 Å². The van der Waals surface area contributed by atoms with Gasteiger partial charge in [0.15, 0.2) is 0 Å². The second kappa shape index (κ2) is 4.94. The molecule has 1 unspecified atom stereocenters. The van der Waals surface area contributed by atoms with Crippen molar-refractivity contribution in [3.8, 4) is 0 Å². The normalized spacial score (nSPS) is 28.7. The lowest BCUT2D eigenvalue weighted by atomic mass is 10.1. The van der Waals surface area contributed by atoms with Crippen LogP contribution >= 0.6 is 0 Å². The molecule has 1 amide bonds. The second-order valence-electron chi connectivity index (χ2n) is 4.44. The Hall–Kier alpha value is -0.610. The number of carbonyl (C=O) groups is 1. The van der Waals surface area contributed by atoms with Crippen LogP contribution in [0.25, 0.3) is 0 Å². The predicted octanol–water partition coefficient (Wildman–Crippen LogP) is 0.598. The van der Waals surface area contributed by atoms with Gasteiger partial charge in [-0.25, -0.2) is 5.01 Å². The first kappa shape index (κ1) is 10.9. The van der Waals surface area contributed by atoms with Crippen LogP contribution in [0.1, 0.15) is 32.6 Å². The van der Waals surface area contributed by atoms with Gasteiger partial charge in [0, 0.05) is 26.1 Å². The predicted molar refractivity (Wildman–Crippen MR) is 59.2 cm³/mol. The van der Waals surface area contributed by atoms with Gasteiger partial charge in [0.2, 0.25) is 5.91 Å². The van der Waals surface area contributed by atoms with Gasteiger partial charge in [-0.3, -0.25) is 9.80 Å². The first-order valence-electron chi connectivity index (χ1n) is 6.10. The minimum Gasteiger partial charge on any atom is -0.315 e. The minimum absolute atomic E-state index is 0.317. The average Bonchev–Trinajstić information content (AvgIpc) is 2.62. The molecule has 2 saturated heterocycles. The van der Waals surface area contributed by atoms with Crippen molar-refractivity contribution in [3.05, 3.63) is 0 Å². The molecule has 0 radical (unpaired) electrons. The highest BCUT2D eigenvalue weighted by molar-refractivity contribution is 5.78. The summed E-state index contributed by atoms with van der Waals surface area (Å²) >= 11 is 0. The molecule has 0 bridgehead atoms. The van der Waals surface area contributed by atoms with Crippen LogP contribution in [-0.2, 0) is 4.79 Å². The van der Waals surface area contributed by atoms with Crippen LogP contribution < -0.4 is 5.32 Å². The summed E-state index contributed by atoms with van der Waals surface area (Å²) in [7, 11) is 0. The van der Waals surface area contributed by atoms with Gasteiger partial charge < -0.3 is 5.32 Å². The van der Waals surface area contributed by atoms with E-state index in [-0.39, 0.29) is 0 Å². The van der Waals surface area contributed by atoms with E-state index in [1.54, 1.807) is 0 Å². The van der Waals surface area contributed by atoms with E-state index >= 15 is 0 Å². The zero-order chi connectivity index (χ0) is 10.7. The Bertz CT molecular complexity index is 226. The van der Waals surface area contributed by atoms with Gasteiger partial charge in [-0.05, 0) is 25.8 Å². The molecule has 0 aliphatic carbocycles. The molecule has 2 heterocycles. The van der Waals surface area contributed by atoms with Gasteiger partial charge >= 0.3 is 0 Å². The number of hydrogen-bond donors (Lipinski definition) is 1. The number of hydrogen-bond acceptors (Lipinski definition) is 3. The SMILES string of the molecule is CCCN1CCC(=O)N1C1CCCNC1. The smallest absolute Gasteiger partial charge is 0.238 e. The second-order valence-corrected chi connectivity index (χ2v) is 4.44. The lowest BCUT2D eigenvalue weighted by Crippen LogP contribution is -2.52. The summed E-state index contributed by atoms with van der Waals surface area (Å²) in [5.74, 6) is 0.317. The lowest BCUT2D eigenvalue weighted by Gasteiger charge is -2.37. The van der Waals surface area contributed by atoms with E-state index in [2.05, 4.69) is 17.2 Å². The lowest BCUT2D eigenvalue weighted by molar-refractivity contribution is -0.143. The van der Waals surface area contributed by atoms with Crippen LogP contribution in [-0.4, -0.2) is 48.1 Å². The Balaban J connectivity index is 1.99. The van der Waals surface area contributed by atoms with Crippen LogP contribution in [0.15, 0.2) is 0 Å². The first-order valence-corrected chi connectivity index (χ1v) is 6.10. The highest BCUT2D eigenvalue weighted by Gasteiger charge is 2.34. The molecule has 1 N–H and O–H groups in total. The van der Waals surface area contributed by atoms with Gasteiger partial charge in [0.05, 0.1) is 6.04 Å². The van der Waals surface area contributed by atoms with Crippen molar-refractivity contribution in [3.63, 3.8) is 0 Å². The van der Waals surface area contributed by atoms with E-state index in [1.165, 1.54) is 6.42 Å². The van der Waals surface area contributed by atoms with Crippen molar-refractivity contribution < 1.29 is 4.79 Å². The number of hydrazine groups is 1. The molecule has 0 aromatic carbocycles. The van der Waals surface area contributed by atoms with Crippen LogP contribution in [0, 0.1) is 0 Å². The molecule has 2 aliphatic heterocycles. The van der Waals surface area contributed by atoms with Crippen LogP contribution in [0.5, 0.6) is 0 Å². The van der Waals surface area contributed by atoms with Gasteiger partial charge in [-0.15, -0.1) is 0 Å². The fraction of sp³-hybridized carbons (Fsp3) is 0.909. The molecule has 0 aromatic rings. The topological polar surface area (TPSA) is 35.6 Å². The Kier molecular flexibility index (Phi) is 3.59. The third-order valence-corrected chi connectivity index (χ3v) is 3.24. The summed E-state index contributed by atoms with van der Waals surface area (Å²) < 4.78 is 0.